The number of rotatable bonds is 8. The smallest absolute Gasteiger partial charge is 0.0212 e. The summed E-state index contributed by atoms with van der Waals surface area (Å²) < 4.78 is 0. The van der Waals surface area contributed by atoms with E-state index in [1.54, 1.807) is 0 Å². The van der Waals surface area contributed by atoms with Crippen LogP contribution >= 0.6 is 0 Å². The van der Waals surface area contributed by atoms with Crippen molar-refractivity contribution in [2.24, 2.45) is 29.1 Å². The molecule has 1 saturated carbocycles. The zero-order valence-corrected chi connectivity index (χ0v) is 13.1. The Hall–Kier alpha value is 0. The van der Waals surface area contributed by atoms with E-state index in [1.807, 2.05) is 0 Å². The molecular weight excluding hydrogens is 204 g/mol. The van der Waals surface area contributed by atoms with Gasteiger partial charge in [0.05, 0.1) is 0 Å². The minimum atomic E-state index is 0.714. The van der Waals surface area contributed by atoms with E-state index in [2.05, 4.69) is 41.5 Å². The largest absolute Gasteiger partial charge is 0.0654 e. The molecule has 0 nitrogen and oxygen atoms in total. The lowest BCUT2D eigenvalue weighted by Crippen LogP contribution is -2.18. The van der Waals surface area contributed by atoms with Gasteiger partial charge in [-0.2, -0.15) is 0 Å². The third-order valence-corrected chi connectivity index (χ3v) is 5.83. The fraction of sp³-hybridized carbons (Fsp3) is 1.00. The number of hydrogen-bond acceptors (Lipinski definition) is 0. The Bertz CT molecular complexity index is 216. The van der Waals surface area contributed by atoms with Crippen LogP contribution in [0.3, 0.4) is 0 Å². The summed E-state index contributed by atoms with van der Waals surface area (Å²) in [5.41, 5.74) is 0.714. The van der Waals surface area contributed by atoms with Crippen LogP contribution in [0.15, 0.2) is 0 Å². The Kier molecular flexibility index (Phi) is 5.54. The molecule has 0 heterocycles. The first-order valence-electron chi connectivity index (χ1n) is 8.08. The van der Waals surface area contributed by atoms with Gasteiger partial charge in [0.2, 0.25) is 0 Å². The molecule has 1 fully saturated rings. The minimum absolute atomic E-state index is 0.714. The molecule has 0 aromatic rings. The van der Waals surface area contributed by atoms with Crippen LogP contribution in [0.2, 0.25) is 0 Å². The van der Waals surface area contributed by atoms with Gasteiger partial charge in [0.25, 0.3) is 0 Å². The molecule has 4 unspecified atom stereocenters. The maximum absolute atomic E-state index is 2.52. The van der Waals surface area contributed by atoms with E-state index in [0.717, 1.165) is 23.7 Å². The molecule has 0 aromatic heterocycles. The molecule has 0 heteroatoms. The van der Waals surface area contributed by atoms with Gasteiger partial charge in [0, 0.05) is 0 Å². The summed E-state index contributed by atoms with van der Waals surface area (Å²) in [6, 6.07) is 0. The average Bonchev–Trinajstić information content (AvgIpc) is 2.87. The molecule has 1 aliphatic rings. The van der Waals surface area contributed by atoms with E-state index >= 15 is 0 Å². The highest BCUT2D eigenvalue weighted by molar-refractivity contribution is 5.10. The predicted octanol–water partition coefficient (Wildman–Crippen LogP) is 5.91. The van der Waals surface area contributed by atoms with Gasteiger partial charge in [-0.15, -0.1) is 0 Å². The molecule has 1 rings (SSSR count). The van der Waals surface area contributed by atoms with E-state index in [4.69, 9.17) is 0 Å². The second-order valence-electron chi connectivity index (χ2n) is 6.50. The van der Waals surface area contributed by atoms with Crippen molar-refractivity contribution in [2.75, 3.05) is 0 Å². The second kappa shape index (κ2) is 6.25. The lowest BCUT2D eigenvalue weighted by Gasteiger charge is -2.27. The first-order chi connectivity index (χ1) is 8.08. The van der Waals surface area contributed by atoms with Crippen molar-refractivity contribution in [1.29, 1.82) is 0 Å². The molecule has 0 amide bonds. The van der Waals surface area contributed by atoms with Crippen molar-refractivity contribution in [1.82, 2.24) is 0 Å². The van der Waals surface area contributed by atoms with E-state index in [1.165, 1.54) is 38.5 Å². The van der Waals surface area contributed by atoms with Crippen LogP contribution in [0.5, 0.6) is 0 Å². The zero-order valence-electron chi connectivity index (χ0n) is 13.1. The van der Waals surface area contributed by atoms with Crippen LogP contribution in [-0.4, -0.2) is 0 Å². The van der Waals surface area contributed by atoms with Gasteiger partial charge < -0.3 is 0 Å². The molecule has 0 saturated heterocycles. The van der Waals surface area contributed by atoms with Gasteiger partial charge in [-0.25, -0.2) is 0 Å². The highest BCUT2D eigenvalue weighted by Crippen LogP contribution is 2.68. The van der Waals surface area contributed by atoms with Gasteiger partial charge in [0.15, 0.2) is 0 Å². The first-order valence-corrected chi connectivity index (χ1v) is 8.08. The molecule has 0 aromatic carbocycles. The normalized spacial score (nSPS) is 34.1. The molecule has 0 aliphatic heterocycles. The number of hydrogen-bond donors (Lipinski definition) is 0. The molecule has 0 radical (unpaired) electrons. The molecule has 102 valence electrons. The van der Waals surface area contributed by atoms with Gasteiger partial charge in [-0.3, -0.25) is 0 Å². The quantitative estimate of drug-likeness (QED) is 0.493. The molecule has 0 spiro atoms. The van der Waals surface area contributed by atoms with Crippen molar-refractivity contribution in [3.05, 3.63) is 0 Å². The molecule has 4 atom stereocenters. The Labute approximate surface area is 110 Å². The van der Waals surface area contributed by atoms with Gasteiger partial charge in [-0.05, 0) is 41.9 Å². The maximum atomic E-state index is 2.52. The second-order valence-corrected chi connectivity index (χ2v) is 6.50. The summed E-state index contributed by atoms with van der Waals surface area (Å²) in [6.07, 6.45) is 8.43. The van der Waals surface area contributed by atoms with Gasteiger partial charge >= 0.3 is 0 Å². The summed E-state index contributed by atoms with van der Waals surface area (Å²) in [4.78, 5) is 0. The van der Waals surface area contributed by atoms with Gasteiger partial charge in [0.1, 0.15) is 0 Å². The predicted molar refractivity (Wildman–Crippen MR) is 78.1 cm³/mol. The summed E-state index contributed by atoms with van der Waals surface area (Å²) in [6.45, 7) is 14.5. The highest BCUT2D eigenvalue weighted by atomic mass is 14.7. The molecular formula is C17H34. The van der Waals surface area contributed by atoms with Crippen LogP contribution in [0.25, 0.3) is 0 Å². The molecule has 17 heavy (non-hydrogen) atoms. The average molecular weight is 238 g/mol. The van der Waals surface area contributed by atoms with E-state index in [0.29, 0.717) is 5.41 Å². The topological polar surface area (TPSA) is 0 Å². The zero-order chi connectivity index (χ0) is 13.1. The lowest BCUT2D eigenvalue weighted by molar-refractivity contribution is 0.228. The summed E-state index contributed by atoms with van der Waals surface area (Å²) in [7, 11) is 0. The molecule has 0 bridgehead atoms. The summed E-state index contributed by atoms with van der Waals surface area (Å²) >= 11 is 0. The Morgan fingerprint density at radius 1 is 1.06 bits per heavy atom. The molecule has 1 aliphatic carbocycles. The standard InChI is InChI=1S/C17H34/c1-7-11-13(5)12-16-14(6)17(16,10-4)15(8-2)9-3/h13-16H,7-12H2,1-6H3. The minimum Gasteiger partial charge on any atom is -0.0654 e. The third kappa shape index (κ3) is 2.71. The third-order valence-electron chi connectivity index (χ3n) is 5.83. The summed E-state index contributed by atoms with van der Waals surface area (Å²) in [5, 5.41) is 0. The SMILES string of the molecule is CCCC(C)CC1C(C)C1(CC)C(CC)CC. The van der Waals surface area contributed by atoms with Crippen LogP contribution < -0.4 is 0 Å². The van der Waals surface area contributed by atoms with Crippen molar-refractivity contribution in [3.8, 4) is 0 Å². The fourth-order valence-corrected chi connectivity index (χ4v) is 4.82. The van der Waals surface area contributed by atoms with Crippen LogP contribution in [0, 0.1) is 29.1 Å². The first kappa shape index (κ1) is 15.1. The Morgan fingerprint density at radius 2 is 1.65 bits per heavy atom. The maximum Gasteiger partial charge on any atom is -0.0212 e. The monoisotopic (exact) mass is 238 g/mol. The van der Waals surface area contributed by atoms with E-state index < -0.39 is 0 Å². The van der Waals surface area contributed by atoms with Crippen molar-refractivity contribution in [3.63, 3.8) is 0 Å². The lowest BCUT2D eigenvalue weighted by atomic mass is 9.78. The van der Waals surface area contributed by atoms with Gasteiger partial charge in [-0.1, -0.05) is 67.2 Å². The fourth-order valence-electron chi connectivity index (χ4n) is 4.82. The van der Waals surface area contributed by atoms with E-state index in [-0.39, 0.29) is 0 Å². The highest BCUT2D eigenvalue weighted by Gasteiger charge is 2.62. The Morgan fingerprint density at radius 3 is 2.06 bits per heavy atom. The molecule has 0 N–H and O–H groups in total. The van der Waals surface area contributed by atoms with Crippen LogP contribution in [0.4, 0.5) is 0 Å². The van der Waals surface area contributed by atoms with Crippen molar-refractivity contribution >= 4 is 0 Å². The van der Waals surface area contributed by atoms with Crippen LogP contribution in [0.1, 0.15) is 80.1 Å². The van der Waals surface area contributed by atoms with Crippen molar-refractivity contribution in [2.45, 2.75) is 80.1 Å². The van der Waals surface area contributed by atoms with Crippen LogP contribution in [-0.2, 0) is 0 Å². The Balaban J connectivity index is 2.63. The van der Waals surface area contributed by atoms with Crippen molar-refractivity contribution < 1.29 is 0 Å². The summed E-state index contributed by atoms with van der Waals surface area (Å²) in [5.74, 6) is 3.92. The van der Waals surface area contributed by atoms with E-state index in [9.17, 15) is 0 Å².